The minimum atomic E-state index is -0.436. The van der Waals surface area contributed by atoms with Crippen molar-refractivity contribution in [3.8, 4) is 0 Å². The molecule has 0 radical (unpaired) electrons. The highest BCUT2D eigenvalue weighted by atomic mass is 16.5. The summed E-state index contributed by atoms with van der Waals surface area (Å²) in [4.78, 5) is 14.3. The van der Waals surface area contributed by atoms with Gasteiger partial charge in [0.25, 0.3) is 0 Å². The Morgan fingerprint density at radius 3 is 2.90 bits per heavy atom. The van der Waals surface area contributed by atoms with E-state index in [-0.39, 0.29) is 18.7 Å². The van der Waals surface area contributed by atoms with Gasteiger partial charge in [-0.15, -0.1) is 0 Å². The first kappa shape index (κ1) is 15.0. The Morgan fingerprint density at radius 2 is 2.25 bits per heavy atom. The molecule has 1 fully saturated rings. The van der Waals surface area contributed by atoms with Crippen LogP contribution in [0.4, 0.5) is 0 Å². The van der Waals surface area contributed by atoms with E-state index in [1.165, 1.54) is 0 Å². The topological polar surface area (TPSA) is 59.0 Å². The SMILES string of the molecule is CCOC(=O)C(c1ccccc1)N1CCOC(CO)C1. The number of morpholine rings is 1. The van der Waals surface area contributed by atoms with Gasteiger partial charge in [-0.05, 0) is 12.5 Å². The number of hydrogen-bond acceptors (Lipinski definition) is 5. The summed E-state index contributed by atoms with van der Waals surface area (Å²) in [5, 5.41) is 9.24. The first-order chi connectivity index (χ1) is 9.76. The zero-order valence-corrected chi connectivity index (χ0v) is 11.7. The van der Waals surface area contributed by atoms with Crippen molar-refractivity contribution in [1.29, 1.82) is 0 Å². The van der Waals surface area contributed by atoms with Crippen LogP contribution in [0, 0.1) is 0 Å². The average molecular weight is 279 g/mol. The van der Waals surface area contributed by atoms with Crippen molar-refractivity contribution in [3.05, 3.63) is 35.9 Å². The predicted octanol–water partition coefficient (Wildman–Crippen LogP) is 0.984. The molecule has 110 valence electrons. The number of carbonyl (C=O) groups excluding carboxylic acids is 1. The minimum absolute atomic E-state index is 0.0408. The molecule has 0 spiro atoms. The van der Waals surface area contributed by atoms with Crippen LogP contribution in [0.3, 0.4) is 0 Å². The van der Waals surface area contributed by atoms with Gasteiger partial charge in [-0.3, -0.25) is 4.90 Å². The number of aliphatic hydroxyl groups excluding tert-OH is 1. The van der Waals surface area contributed by atoms with E-state index in [1.807, 2.05) is 35.2 Å². The Hall–Kier alpha value is -1.43. The Kier molecular flexibility index (Phi) is 5.52. The molecule has 1 aliphatic heterocycles. The molecule has 0 bridgehead atoms. The number of nitrogens with zero attached hydrogens (tertiary/aromatic N) is 1. The van der Waals surface area contributed by atoms with Gasteiger partial charge < -0.3 is 14.6 Å². The maximum Gasteiger partial charge on any atom is 0.328 e. The molecular formula is C15H21NO4. The lowest BCUT2D eigenvalue weighted by atomic mass is 10.0. The van der Waals surface area contributed by atoms with Crippen molar-refractivity contribution in [1.82, 2.24) is 4.90 Å². The standard InChI is InChI=1S/C15H21NO4/c1-2-19-15(18)14(12-6-4-3-5-7-12)16-8-9-20-13(10-16)11-17/h3-7,13-14,17H,2,8-11H2,1H3. The highest BCUT2D eigenvalue weighted by Crippen LogP contribution is 2.24. The van der Waals surface area contributed by atoms with Gasteiger partial charge in [0.1, 0.15) is 6.04 Å². The molecule has 0 saturated carbocycles. The van der Waals surface area contributed by atoms with Crippen LogP contribution in [0.1, 0.15) is 18.5 Å². The average Bonchev–Trinajstić information content (AvgIpc) is 2.49. The van der Waals surface area contributed by atoms with Crippen molar-refractivity contribution < 1.29 is 19.4 Å². The first-order valence-electron chi connectivity index (χ1n) is 6.94. The normalized spacial score (nSPS) is 21.4. The van der Waals surface area contributed by atoms with Crippen molar-refractivity contribution in [2.24, 2.45) is 0 Å². The summed E-state index contributed by atoms with van der Waals surface area (Å²) >= 11 is 0. The highest BCUT2D eigenvalue weighted by Gasteiger charge is 2.32. The molecule has 1 aromatic rings. The number of ether oxygens (including phenoxy) is 2. The van der Waals surface area contributed by atoms with Crippen LogP contribution in [-0.4, -0.2) is 55.0 Å². The minimum Gasteiger partial charge on any atom is -0.465 e. The lowest BCUT2D eigenvalue weighted by Crippen LogP contribution is -2.48. The Balaban J connectivity index is 2.20. The quantitative estimate of drug-likeness (QED) is 0.814. The number of aliphatic hydroxyl groups is 1. The lowest BCUT2D eigenvalue weighted by Gasteiger charge is -2.36. The molecule has 1 heterocycles. The van der Waals surface area contributed by atoms with Crippen LogP contribution in [-0.2, 0) is 14.3 Å². The Morgan fingerprint density at radius 1 is 1.50 bits per heavy atom. The third kappa shape index (κ3) is 3.56. The molecule has 5 heteroatoms. The van der Waals surface area contributed by atoms with Crippen LogP contribution in [0.25, 0.3) is 0 Å². The summed E-state index contributed by atoms with van der Waals surface area (Å²) in [6.07, 6.45) is -0.246. The van der Waals surface area contributed by atoms with Gasteiger partial charge in [0.15, 0.2) is 0 Å². The van der Waals surface area contributed by atoms with E-state index >= 15 is 0 Å². The lowest BCUT2D eigenvalue weighted by molar-refractivity contribution is -0.154. The molecule has 2 rings (SSSR count). The number of carbonyl (C=O) groups is 1. The van der Waals surface area contributed by atoms with Gasteiger partial charge in [0.05, 0.1) is 25.9 Å². The predicted molar refractivity (Wildman–Crippen MR) is 74.2 cm³/mol. The molecule has 0 amide bonds. The third-order valence-electron chi connectivity index (χ3n) is 3.36. The summed E-state index contributed by atoms with van der Waals surface area (Å²) in [5.41, 5.74) is 0.907. The highest BCUT2D eigenvalue weighted by molar-refractivity contribution is 5.77. The zero-order chi connectivity index (χ0) is 14.4. The molecule has 1 N–H and O–H groups in total. The van der Waals surface area contributed by atoms with Crippen molar-refractivity contribution in [3.63, 3.8) is 0 Å². The molecule has 1 aromatic carbocycles. The fraction of sp³-hybridized carbons (Fsp3) is 0.533. The second kappa shape index (κ2) is 7.38. The van der Waals surface area contributed by atoms with E-state index in [9.17, 15) is 9.90 Å². The summed E-state index contributed by atoms with van der Waals surface area (Å²) in [5.74, 6) is -0.253. The number of esters is 1. The van der Waals surface area contributed by atoms with Crippen LogP contribution in [0.2, 0.25) is 0 Å². The van der Waals surface area contributed by atoms with Gasteiger partial charge >= 0.3 is 5.97 Å². The van der Waals surface area contributed by atoms with E-state index in [0.29, 0.717) is 26.3 Å². The van der Waals surface area contributed by atoms with Gasteiger partial charge in [0, 0.05) is 13.1 Å². The van der Waals surface area contributed by atoms with E-state index in [4.69, 9.17) is 9.47 Å². The van der Waals surface area contributed by atoms with Crippen molar-refractivity contribution in [2.45, 2.75) is 19.1 Å². The van der Waals surface area contributed by atoms with E-state index in [1.54, 1.807) is 6.92 Å². The molecule has 2 atom stereocenters. The second-order valence-electron chi connectivity index (χ2n) is 4.74. The van der Waals surface area contributed by atoms with Crippen LogP contribution >= 0.6 is 0 Å². The van der Waals surface area contributed by atoms with Gasteiger partial charge in [0.2, 0.25) is 0 Å². The van der Waals surface area contributed by atoms with Gasteiger partial charge in [-0.2, -0.15) is 0 Å². The molecule has 20 heavy (non-hydrogen) atoms. The second-order valence-corrected chi connectivity index (χ2v) is 4.74. The largest absolute Gasteiger partial charge is 0.465 e. The number of rotatable bonds is 5. The fourth-order valence-corrected chi connectivity index (χ4v) is 2.44. The maximum atomic E-state index is 12.3. The number of benzene rings is 1. The third-order valence-corrected chi connectivity index (χ3v) is 3.36. The van der Waals surface area contributed by atoms with Crippen molar-refractivity contribution in [2.75, 3.05) is 32.9 Å². The van der Waals surface area contributed by atoms with Crippen LogP contribution < -0.4 is 0 Å². The zero-order valence-electron chi connectivity index (χ0n) is 11.7. The molecule has 0 aliphatic carbocycles. The molecule has 2 unspecified atom stereocenters. The number of hydrogen-bond donors (Lipinski definition) is 1. The van der Waals surface area contributed by atoms with Crippen LogP contribution in [0.5, 0.6) is 0 Å². The molecular weight excluding hydrogens is 258 g/mol. The summed E-state index contributed by atoms with van der Waals surface area (Å²) in [6, 6.07) is 9.14. The Labute approximate surface area is 119 Å². The monoisotopic (exact) mass is 279 g/mol. The smallest absolute Gasteiger partial charge is 0.328 e. The maximum absolute atomic E-state index is 12.3. The summed E-state index contributed by atoms with van der Waals surface area (Å²) in [6.45, 7) is 3.80. The summed E-state index contributed by atoms with van der Waals surface area (Å²) in [7, 11) is 0. The summed E-state index contributed by atoms with van der Waals surface area (Å²) < 4.78 is 10.6. The van der Waals surface area contributed by atoms with Crippen LogP contribution in [0.15, 0.2) is 30.3 Å². The van der Waals surface area contributed by atoms with Gasteiger partial charge in [-0.25, -0.2) is 4.79 Å². The van der Waals surface area contributed by atoms with Crippen molar-refractivity contribution >= 4 is 5.97 Å². The van der Waals surface area contributed by atoms with E-state index < -0.39 is 6.04 Å². The van der Waals surface area contributed by atoms with E-state index in [2.05, 4.69) is 0 Å². The van der Waals surface area contributed by atoms with E-state index in [0.717, 1.165) is 5.56 Å². The van der Waals surface area contributed by atoms with Gasteiger partial charge in [-0.1, -0.05) is 30.3 Å². The molecule has 1 saturated heterocycles. The fourth-order valence-electron chi connectivity index (χ4n) is 2.44. The first-order valence-corrected chi connectivity index (χ1v) is 6.94. The molecule has 1 aliphatic rings. The molecule has 0 aromatic heterocycles. The Bertz CT molecular complexity index is 423. The molecule has 5 nitrogen and oxygen atoms in total.